The Labute approximate surface area is 89.5 Å². The molecule has 1 aliphatic heterocycles. The molecule has 0 amide bonds. The monoisotopic (exact) mass is 242 g/mol. The van der Waals surface area contributed by atoms with Gasteiger partial charge in [0, 0.05) is 0 Å². The van der Waals surface area contributed by atoms with E-state index in [1.165, 1.54) is 0 Å². The molecule has 0 aromatic heterocycles. The molecule has 72 valence electrons. The summed E-state index contributed by atoms with van der Waals surface area (Å²) in [6.07, 6.45) is 0. The highest BCUT2D eigenvalue weighted by Crippen LogP contribution is 2.46. The van der Waals surface area contributed by atoms with Crippen LogP contribution in [0.25, 0.3) is 0 Å². The lowest BCUT2D eigenvalue weighted by atomic mass is 10.2. The van der Waals surface area contributed by atoms with Gasteiger partial charge in [-0.25, -0.2) is 0 Å². The molecule has 1 saturated heterocycles. The highest BCUT2D eigenvalue weighted by molar-refractivity contribution is 6.55. The second-order valence-corrected chi connectivity index (χ2v) is 3.91. The number of hydrogen-bond donors (Lipinski definition) is 0. The van der Waals surface area contributed by atoms with Crippen LogP contribution in [0, 0.1) is 0 Å². The van der Waals surface area contributed by atoms with Crippen molar-refractivity contribution in [3.05, 3.63) is 10.1 Å². The Morgan fingerprint density at radius 2 is 1.85 bits per heavy atom. The number of ketones is 1. The Balaban J connectivity index is 2.45. The number of rotatable bonds is 0. The first kappa shape index (κ1) is 9.74. The maximum Gasteiger partial charge on any atom is 0.232 e. The number of hydrogen-bond acceptors (Lipinski definition) is 3. The van der Waals surface area contributed by atoms with Crippen molar-refractivity contribution in [2.24, 2.45) is 0 Å². The molecule has 0 N–H and O–H groups in total. The van der Waals surface area contributed by atoms with Gasteiger partial charge in [-0.15, -0.1) is 11.6 Å². The molecular formula is C7H5Cl3O3. The maximum atomic E-state index is 11.3. The van der Waals surface area contributed by atoms with Crippen molar-refractivity contribution < 1.29 is 14.3 Å². The molecule has 13 heavy (non-hydrogen) atoms. The Morgan fingerprint density at radius 3 is 2.23 bits per heavy atom. The van der Waals surface area contributed by atoms with Gasteiger partial charge in [0.1, 0.15) is 10.1 Å². The molecule has 1 atom stereocenters. The van der Waals surface area contributed by atoms with Crippen LogP contribution >= 0.6 is 34.8 Å². The van der Waals surface area contributed by atoms with Crippen molar-refractivity contribution in [2.75, 3.05) is 13.2 Å². The first-order chi connectivity index (χ1) is 6.09. The zero-order chi connectivity index (χ0) is 9.64. The highest BCUT2D eigenvalue weighted by Gasteiger charge is 2.57. The van der Waals surface area contributed by atoms with Gasteiger partial charge >= 0.3 is 0 Å². The molecule has 0 saturated carbocycles. The average Bonchev–Trinajstić information content (AvgIpc) is 2.67. The fourth-order valence-electron chi connectivity index (χ4n) is 1.36. The van der Waals surface area contributed by atoms with E-state index in [0.717, 1.165) is 0 Å². The second-order valence-electron chi connectivity index (χ2n) is 2.72. The minimum Gasteiger partial charge on any atom is -0.341 e. The first-order valence-electron chi connectivity index (χ1n) is 3.61. The fourth-order valence-corrected chi connectivity index (χ4v) is 2.37. The number of carbonyl (C=O) groups is 1. The Morgan fingerprint density at radius 1 is 1.31 bits per heavy atom. The molecule has 1 spiro atoms. The van der Waals surface area contributed by atoms with Crippen LogP contribution < -0.4 is 0 Å². The molecule has 0 radical (unpaired) electrons. The molecule has 2 aliphatic rings. The highest BCUT2D eigenvalue weighted by atomic mass is 35.5. The molecule has 0 bridgehead atoms. The Kier molecular flexibility index (Phi) is 2.33. The normalized spacial score (nSPS) is 32.2. The SMILES string of the molecule is O=C1C(Cl)=C(Cl)C2(OCCO2)C1Cl. The lowest BCUT2D eigenvalue weighted by molar-refractivity contribution is -0.135. The van der Waals surface area contributed by atoms with Crippen LogP contribution in [0.2, 0.25) is 0 Å². The molecule has 2 rings (SSSR count). The van der Waals surface area contributed by atoms with Gasteiger partial charge in [0.15, 0.2) is 11.2 Å². The third-order valence-electron chi connectivity index (χ3n) is 2.00. The first-order valence-corrected chi connectivity index (χ1v) is 4.81. The van der Waals surface area contributed by atoms with Crippen LogP contribution in [-0.2, 0) is 14.3 Å². The van der Waals surface area contributed by atoms with Crippen LogP contribution in [-0.4, -0.2) is 30.2 Å². The van der Waals surface area contributed by atoms with Crippen molar-refractivity contribution in [3.8, 4) is 0 Å². The second kappa shape index (κ2) is 3.11. The summed E-state index contributed by atoms with van der Waals surface area (Å²) in [4.78, 5) is 11.3. The molecule has 6 heteroatoms. The molecule has 0 aromatic carbocycles. The van der Waals surface area contributed by atoms with Gasteiger partial charge in [-0.1, -0.05) is 23.2 Å². The van der Waals surface area contributed by atoms with Crippen LogP contribution in [0.1, 0.15) is 0 Å². The largest absolute Gasteiger partial charge is 0.341 e. The van der Waals surface area contributed by atoms with Crippen LogP contribution in [0.3, 0.4) is 0 Å². The molecule has 0 aromatic rings. The number of alkyl halides is 1. The standard InChI is InChI=1S/C7H5Cl3O3/c8-3-4(11)6(10)7(5(3)9)12-1-2-13-7/h6H,1-2H2. The van der Waals surface area contributed by atoms with E-state index in [2.05, 4.69) is 0 Å². The van der Waals surface area contributed by atoms with Crippen molar-refractivity contribution in [1.82, 2.24) is 0 Å². The van der Waals surface area contributed by atoms with Crippen molar-refractivity contribution in [1.29, 1.82) is 0 Å². The van der Waals surface area contributed by atoms with Gasteiger partial charge in [-0.2, -0.15) is 0 Å². The van der Waals surface area contributed by atoms with Crippen LogP contribution in [0.15, 0.2) is 10.1 Å². The topological polar surface area (TPSA) is 35.5 Å². The van der Waals surface area contributed by atoms with Gasteiger partial charge in [-0.05, 0) is 0 Å². The average molecular weight is 243 g/mol. The van der Waals surface area contributed by atoms with Crippen molar-refractivity contribution >= 4 is 40.6 Å². The minimum atomic E-state index is -1.32. The van der Waals surface area contributed by atoms with E-state index < -0.39 is 16.9 Å². The Hall–Kier alpha value is 0.200. The maximum absolute atomic E-state index is 11.3. The van der Waals surface area contributed by atoms with Gasteiger partial charge in [0.25, 0.3) is 0 Å². The van der Waals surface area contributed by atoms with E-state index in [4.69, 9.17) is 44.3 Å². The zero-order valence-electron chi connectivity index (χ0n) is 6.35. The summed E-state index contributed by atoms with van der Waals surface area (Å²) in [6, 6.07) is 0. The smallest absolute Gasteiger partial charge is 0.232 e. The predicted molar refractivity (Wildman–Crippen MR) is 48.0 cm³/mol. The van der Waals surface area contributed by atoms with E-state index in [-0.39, 0.29) is 10.1 Å². The summed E-state index contributed by atoms with van der Waals surface area (Å²) >= 11 is 17.2. The lowest BCUT2D eigenvalue weighted by Gasteiger charge is -2.24. The summed E-state index contributed by atoms with van der Waals surface area (Å²) < 4.78 is 10.4. The zero-order valence-corrected chi connectivity index (χ0v) is 8.62. The van der Waals surface area contributed by atoms with Gasteiger partial charge in [0.2, 0.25) is 5.79 Å². The van der Waals surface area contributed by atoms with Crippen LogP contribution in [0.5, 0.6) is 0 Å². The van der Waals surface area contributed by atoms with Crippen molar-refractivity contribution in [2.45, 2.75) is 11.2 Å². The number of allylic oxidation sites excluding steroid dienone is 1. The summed E-state index contributed by atoms with van der Waals surface area (Å²) in [5.41, 5.74) is 0. The van der Waals surface area contributed by atoms with E-state index in [9.17, 15) is 4.79 Å². The third kappa shape index (κ3) is 1.15. The van der Waals surface area contributed by atoms with E-state index in [1.807, 2.05) is 0 Å². The quantitative estimate of drug-likeness (QED) is 0.606. The van der Waals surface area contributed by atoms with Gasteiger partial charge in [-0.3, -0.25) is 4.79 Å². The third-order valence-corrected chi connectivity index (χ3v) is 3.40. The number of halogens is 3. The molecule has 3 nitrogen and oxygen atoms in total. The van der Waals surface area contributed by atoms with Crippen molar-refractivity contribution in [3.63, 3.8) is 0 Å². The number of Topliss-reactive ketones (excluding diaryl/α,β-unsaturated/α-hetero) is 1. The summed E-state index contributed by atoms with van der Waals surface area (Å²) in [6.45, 7) is 0.716. The van der Waals surface area contributed by atoms with Gasteiger partial charge in [0.05, 0.1) is 13.2 Å². The number of carbonyl (C=O) groups excluding carboxylic acids is 1. The summed E-state index contributed by atoms with van der Waals surface area (Å²) in [5.74, 6) is -1.77. The van der Waals surface area contributed by atoms with E-state index >= 15 is 0 Å². The molecular weight excluding hydrogens is 238 g/mol. The Bertz CT molecular complexity index is 293. The molecule has 1 aliphatic carbocycles. The number of ether oxygens (including phenoxy) is 2. The van der Waals surface area contributed by atoms with Crippen LogP contribution in [0.4, 0.5) is 0 Å². The molecule has 1 heterocycles. The lowest BCUT2D eigenvalue weighted by Crippen LogP contribution is -2.40. The predicted octanol–water partition coefficient (Wildman–Crippen LogP) is 1.61. The minimum absolute atomic E-state index is 0.0525. The molecule has 1 unspecified atom stereocenters. The van der Waals surface area contributed by atoms with E-state index in [0.29, 0.717) is 13.2 Å². The van der Waals surface area contributed by atoms with E-state index in [1.54, 1.807) is 0 Å². The fraction of sp³-hybridized carbons (Fsp3) is 0.571. The van der Waals surface area contributed by atoms with Gasteiger partial charge < -0.3 is 9.47 Å². The summed E-state index contributed by atoms with van der Waals surface area (Å²) in [5, 5.41) is -1.02. The molecule has 1 fully saturated rings. The summed E-state index contributed by atoms with van der Waals surface area (Å²) in [7, 11) is 0.